The number of Topliss-reactive ketones (excluding diaryl/α,β-unsaturated/α-hetero) is 1. The molecule has 0 aliphatic carbocycles. The molecule has 4 rings (SSSR count). The number of thiazole rings is 1. The molecule has 0 spiro atoms. The van der Waals surface area contributed by atoms with Crippen molar-refractivity contribution < 1.29 is 38.4 Å². The number of ether oxygens (including phenoxy) is 4. The summed E-state index contributed by atoms with van der Waals surface area (Å²) in [6, 6.07) is 8.69. The molecule has 2 aromatic carbocycles. The maximum Gasteiger partial charge on any atom is 0.350 e. The van der Waals surface area contributed by atoms with Crippen LogP contribution in [0.3, 0.4) is 0 Å². The van der Waals surface area contributed by atoms with E-state index in [-0.39, 0.29) is 27.9 Å². The summed E-state index contributed by atoms with van der Waals surface area (Å²) in [6.45, 7) is 6.93. The van der Waals surface area contributed by atoms with E-state index in [1.165, 1.54) is 27.4 Å². The smallest absolute Gasteiger partial charge is 0.350 e. The minimum atomic E-state index is -1.13. The molecule has 0 radical (unpaired) electrons. The summed E-state index contributed by atoms with van der Waals surface area (Å²) in [5, 5.41) is 11.6. The van der Waals surface area contributed by atoms with Gasteiger partial charge in [-0.1, -0.05) is 24.0 Å². The van der Waals surface area contributed by atoms with Crippen molar-refractivity contribution in [3.63, 3.8) is 0 Å². The fraction of sp³-hybridized carbons (Fsp3) is 0.241. The van der Waals surface area contributed by atoms with Crippen molar-refractivity contribution in [2.45, 2.75) is 19.9 Å². The Balaban J connectivity index is 1.95. The molecule has 0 saturated carbocycles. The third-order valence-electron chi connectivity index (χ3n) is 6.36. The lowest BCUT2D eigenvalue weighted by atomic mass is 9.94. The first-order chi connectivity index (χ1) is 19.2. The van der Waals surface area contributed by atoms with Crippen molar-refractivity contribution in [1.82, 2.24) is 4.98 Å². The fourth-order valence-electron chi connectivity index (χ4n) is 4.42. The van der Waals surface area contributed by atoms with Gasteiger partial charge in [-0.3, -0.25) is 14.5 Å². The average Bonchev–Trinajstić information content (AvgIpc) is 3.46. The van der Waals surface area contributed by atoms with Gasteiger partial charge in [0.15, 0.2) is 5.13 Å². The summed E-state index contributed by atoms with van der Waals surface area (Å²) in [4.78, 5) is 45.5. The van der Waals surface area contributed by atoms with E-state index in [1.807, 2.05) is 0 Å². The molecule has 1 N–H and O–H groups in total. The molecule has 1 aliphatic heterocycles. The second kappa shape index (κ2) is 11.6. The van der Waals surface area contributed by atoms with Gasteiger partial charge in [0.1, 0.15) is 40.5 Å². The largest absolute Gasteiger partial charge is 0.507 e. The van der Waals surface area contributed by atoms with Gasteiger partial charge < -0.3 is 24.1 Å². The predicted octanol–water partition coefficient (Wildman–Crippen LogP) is 4.75. The van der Waals surface area contributed by atoms with E-state index in [4.69, 9.17) is 18.9 Å². The minimum Gasteiger partial charge on any atom is -0.507 e. The number of aromatic nitrogens is 1. The van der Waals surface area contributed by atoms with Crippen molar-refractivity contribution in [3.05, 3.63) is 81.9 Å². The van der Waals surface area contributed by atoms with E-state index < -0.39 is 23.7 Å². The number of aliphatic hydroxyl groups is 1. The molecular weight excluding hydrogens is 536 g/mol. The van der Waals surface area contributed by atoms with Gasteiger partial charge >= 0.3 is 11.9 Å². The van der Waals surface area contributed by atoms with Gasteiger partial charge in [-0.2, -0.15) is 0 Å². The highest BCUT2D eigenvalue weighted by Gasteiger charge is 2.49. The first-order valence-corrected chi connectivity index (χ1v) is 12.9. The van der Waals surface area contributed by atoms with Crippen LogP contribution in [0.1, 0.15) is 38.1 Å². The minimum absolute atomic E-state index is 0.000343. The van der Waals surface area contributed by atoms with Crippen LogP contribution in [0.25, 0.3) is 5.76 Å². The molecule has 10 nitrogen and oxygen atoms in total. The number of hydrogen-bond donors (Lipinski definition) is 1. The SMILES string of the molecule is C=CCOC(=O)c1sc(N2C(=O)C(=O)C(=C(O)c3ccc(OC)c(C)c3)C2c2ccc(OC)cc2OC)nc1C. The maximum absolute atomic E-state index is 13.6. The number of carbonyl (C=O) groups is 3. The summed E-state index contributed by atoms with van der Waals surface area (Å²) in [6.07, 6.45) is 1.44. The van der Waals surface area contributed by atoms with Crippen molar-refractivity contribution in [2.24, 2.45) is 0 Å². The number of aliphatic hydroxyl groups excluding tert-OH is 1. The lowest BCUT2D eigenvalue weighted by molar-refractivity contribution is -0.132. The molecule has 1 amide bonds. The molecule has 1 unspecified atom stereocenters. The summed E-state index contributed by atoms with van der Waals surface area (Å²) in [7, 11) is 4.47. The van der Waals surface area contributed by atoms with Crippen LogP contribution in [0.15, 0.2) is 54.6 Å². The van der Waals surface area contributed by atoms with E-state index in [2.05, 4.69) is 11.6 Å². The lowest BCUT2D eigenvalue weighted by Crippen LogP contribution is -2.29. The average molecular weight is 565 g/mol. The molecule has 208 valence electrons. The van der Waals surface area contributed by atoms with Crippen LogP contribution in [0.4, 0.5) is 5.13 Å². The highest BCUT2D eigenvalue weighted by atomic mass is 32.1. The number of aryl methyl sites for hydroxylation is 2. The molecule has 40 heavy (non-hydrogen) atoms. The van der Waals surface area contributed by atoms with Crippen LogP contribution < -0.4 is 19.1 Å². The Morgan fingerprint density at radius 3 is 2.42 bits per heavy atom. The quantitative estimate of drug-likeness (QED) is 0.129. The van der Waals surface area contributed by atoms with Crippen molar-refractivity contribution >= 4 is 39.9 Å². The number of ketones is 1. The number of benzene rings is 2. The van der Waals surface area contributed by atoms with Crippen LogP contribution in [0.5, 0.6) is 17.2 Å². The number of rotatable bonds is 9. The van der Waals surface area contributed by atoms with Crippen LogP contribution in [0, 0.1) is 13.8 Å². The predicted molar refractivity (Wildman–Crippen MR) is 149 cm³/mol. The first-order valence-electron chi connectivity index (χ1n) is 12.1. The molecule has 0 bridgehead atoms. The Hall–Kier alpha value is -4.64. The topological polar surface area (TPSA) is 124 Å². The highest BCUT2D eigenvalue weighted by Crippen LogP contribution is 2.47. The van der Waals surface area contributed by atoms with E-state index in [1.54, 1.807) is 50.2 Å². The second-order valence-electron chi connectivity index (χ2n) is 8.76. The van der Waals surface area contributed by atoms with Crippen LogP contribution in [0.2, 0.25) is 0 Å². The number of esters is 1. The van der Waals surface area contributed by atoms with Gasteiger partial charge in [-0.15, -0.1) is 0 Å². The number of amides is 1. The lowest BCUT2D eigenvalue weighted by Gasteiger charge is -2.25. The zero-order chi connectivity index (χ0) is 29.1. The Morgan fingerprint density at radius 1 is 1.07 bits per heavy atom. The normalized spacial score (nSPS) is 16.1. The van der Waals surface area contributed by atoms with Crippen LogP contribution >= 0.6 is 11.3 Å². The molecule has 11 heteroatoms. The number of nitrogens with zero attached hydrogens (tertiary/aromatic N) is 2. The van der Waals surface area contributed by atoms with E-state index in [0.29, 0.717) is 34.1 Å². The number of methoxy groups -OCH3 is 3. The van der Waals surface area contributed by atoms with Crippen molar-refractivity contribution in [1.29, 1.82) is 0 Å². The van der Waals surface area contributed by atoms with E-state index in [0.717, 1.165) is 21.8 Å². The molecule has 1 saturated heterocycles. The van der Waals surface area contributed by atoms with Crippen molar-refractivity contribution in [3.8, 4) is 17.2 Å². The van der Waals surface area contributed by atoms with E-state index in [9.17, 15) is 19.5 Å². The molecule has 1 fully saturated rings. The monoisotopic (exact) mass is 564 g/mol. The Labute approximate surface area is 235 Å². The van der Waals surface area contributed by atoms with Crippen LogP contribution in [-0.2, 0) is 14.3 Å². The van der Waals surface area contributed by atoms with Gasteiger partial charge in [-0.25, -0.2) is 9.78 Å². The van der Waals surface area contributed by atoms with Gasteiger partial charge in [0.25, 0.3) is 5.78 Å². The molecule has 1 aliphatic rings. The van der Waals surface area contributed by atoms with Gasteiger partial charge in [0.05, 0.1) is 32.6 Å². The number of carbonyl (C=O) groups excluding carboxylic acids is 3. The van der Waals surface area contributed by atoms with E-state index >= 15 is 0 Å². The first kappa shape index (κ1) is 28.4. The van der Waals surface area contributed by atoms with Crippen LogP contribution in [-0.4, -0.2) is 55.7 Å². The zero-order valence-electron chi connectivity index (χ0n) is 22.6. The molecule has 3 aromatic rings. The van der Waals surface area contributed by atoms with Gasteiger partial charge in [-0.05, 0) is 49.7 Å². The summed E-state index contributed by atoms with van der Waals surface area (Å²) in [5.41, 5.74) is 1.59. The van der Waals surface area contributed by atoms with Gasteiger partial charge in [0, 0.05) is 17.2 Å². The number of hydrogen-bond acceptors (Lipinski definition) is 10. The Bertz CT molecular complexity index is 1540. The maximum atomic E-state index is 13.6. The standard InChI is InChI=1S/C29H28N2O8S/c1-7-12-39-28(35)26-16(3)30-29(40-26)31-23(19-10-9-18(36-4)14-21(19)38-6)22(25(33)27(31)34)24(32)17-8-11-20(37-5)15(2)13-17/h7-11,13-14,23,32H,1,12H2,2-6H3. The fourth-order valence-corrected chi connectivity index (χ4v) is 5.41. The van der Waals surface area contributed by atoms with Crippen molar-refractivity contribution in [2.75, 3.05) is 32.8 Å². The molecule has 2 heterocycles. The van der Waals surface area contributed by atoms with Gasteiger partial charge in [0.2, 0.25) is 0 Å². The summed E-state index contributed by atoms with van der Waals surface area (Å²) in [5.74, 6) is -1.46. The summed E-state index contributed by atoms with van der Waals surface area (Å²) >= 11 is 0.904. The summed E-state index contributed by atoms with van der Waals surface area (Å²) < 4.78 is 21.4. The Morgan fingerprint density at radius 2 is 1.80 bits per heavy atom. The third kappa shape index (κ3) is 5.03. The zero-order valence-corrected chi connectivity index (χ0v) is 23.5. The third-order valence-corrected chi connectivity index (χ3v) is 7.49. The molecule has 1 aromatic heterocycles. The second-order valence-corrected chi connectivity index (χ2v) is 9.74. The number of anilines is 1. The Kier molecular flexibility index (Phi) is 8.24. The molecule has 1 atom stereocenters. The molecular formula is C29H28N2O8S. The highest BCUT2D eigenvalue weighted by molar-refractivity contribution is 7.17.